The van der Waals surface area contributed by atoms with Crippen LogP contribution in [0.4, 0.5) is 0 Å². The van der Waals surface area contributed by atoms with Gasteiger partial charge in [0.1, 0.15) is 0 Å². The van der Waals surface area contributed by atoms with Crippen LogP contribution in [0.15, 0.2) is 46.1 Å². The summed E-state index contributed by atoms with van der Waals surface area (Å²) in [5.74, 6) is 0. The second-order valence-electron chi connectivity index (χ2n) is 4.22. The van der Waals surface area contributed by atoms with Crippen molar-refractivity contribution in [2.24, 2.45) is 14.1 Å². The first kappa shape index (κ1) is 14.0. The predicted octanol–water partition coefficient (Wildman–Crippen LogP) is 1.39. The van der Waals surface area contributed by atoms with Crippen molar-refractivity contribution in [1.82, 2.24) is 9.13 Å². The Kier molecular flexibility index (Phi) is 4.66. The summed E-state index contributed by atoms with van der Waals surface area (Å²) in [6.07, 6.45) is 1.76. The maximum Gasteiger partial charge on any atom is 0.250 e. The Morgan fingerprint density at radius 2 is 1.61 bits per heavy atom. The maximum absolute atomic E-state index is 10.8. The Labute approximate surface area is 106 Å². The van der Waals surface area contributed by atoms with E-state index in [1.54, 1.807) is 47.6 Å². The fourth-order valence-electron chi connectivity index (χ4n) is 1.31. The van der Waals surface area contributed by atoms with Crippen LogP contribution in [0.3, 0.4) is 0 Å². The van der Waals surface area contributed by atoms with Crippen molar-refractivity contribution < 1.29 is 0 Å². The van der Waals surface area contributed by atoms with E-state index < -0.39 is 0 Å². The summed E-state index contributed by atoms with van der Waals surface area (Å²) in [5.41, 5.74) is 2.10. The zero-order valence-electron chi connectivity index (χ0n) is 11.2. The van der Waals surface area contributed by atoms with Crippen LogP contribution >= 0.6 is 0 Å². The van der Waals surface area contributed by atoms with E-state index in [0.29, 0.717) is 0 Å². The van der Waals surface area contributed by atoms with Crippen LogP contribution in [0.2, 0.25) is 0 Å². The lowest BCUT2D eigenvalue weighted by molar-refractivity contribution is 0.818. The van der Waals surface area contributed by atoms with E-state index in [-0.39, 0.29) is 11.1 Å². The van der Waals surface area contributed by atoms with Crippen molar-refractivity contribution in [3.8, 4) is 0 Å². The van der Waals surface area contributed by atoms with E-state index in [4.69, 9.17) is 0 Å². The molecule has 0 atom stereocenters. The zero-order valence-corrected chi connectivity index (χ0v) is 11.2. The first-order valence-electron chi connectivity index (χ1n) is 5.68. The summed E-state index contributed by atoms with van der Waals surface area (Å²) in [6, 6.07) is 8.73. The molecule has 0 unspecified atom stereocenters. The van der Waals surface area contributed by atoms with E-state index in [2.05, 4.69) is 0 Å². The molecule has 2 aromatic heterocycles. The fourth-order valence-corrected chi connectivity index (χ4v) is 1.31. The third-order valence-corrected chi connectivity index (χ3v) is 2.70. The number of pyridine rings is 2. The number of hydrogen-bond acceptors (Lipinski definition) is 2. The molecule has 0 saturated heterocycles. The minimum atomic E-state index is 0.0509. The molecule has 2 aromatic rings. The quantitative estimate of drug-likeness (QED) is 0.705. The van der Waals surface area contributed by atoms with Crippen LogP contribution in [0.1, 0.15) is 11.3 Å². The highest BCUT2D eigenvalue weighted by molar-refractivity contribution is 5.07. The molecule has 2 heterocycles. The van der Waals surface area contributed by atoms with Gasteiger partial charge in [0.05, 0.1) is 0 Å². The molecule has 0 aromatic carbocycles. The third kappa shape index (κ3) is 3.73. The number of hydrogen-bond donors (Lipinski definition) is 0. The zero-order chi connectivity index (χ0) is 13.7. The first-order valence-corrected chi connectivity index (χ1v) is 5.68. The Balaban J connectivity index is 0.000000180. The van der Waals surface area contributed by atoms with E-state index >= 15 is 0 Å². The largest absolute Gasteiger partial charge is 0.319 e. The topological polar surface area (TPSA) is 44.0 Å². The van der Waals surface area contributed by atoms with E-state index in [0.717, 1.165) is 11.3 Å². The lowest BCUT2D eigenvalue weighted by Crippen LogP contribution is -2.16. The Bertz CT molecular complexity index is 637. The van der Waals surface area contributed by atoms with Crippen LogP contribution < -0.4 is 11.1 Å². The van der Waals surface area contributed by atoms with Crippen LogP contribution in [-0.4, -0.2) is 9.13 Å². The SMILES string of the molecule is Cc1cccc(=O)n1C.Cc1ccn(C)c(=O)c1. The molecule has 2 rings (SSSR count). The lowest BCUT2D eigenvalue weighted by Gasteiger charge is -1.98. The minimum absolute atomic E-state index is 0.0509. The minimum Gasteiger partial charge on any atom is -0.319 e. The van der Waals surface area contributed by atoms with Gasteiger partial charge < -0.3 is 9.13 Å². The summed E-state index contributed by atoms with van der Waals surface area (Å²) in [7, 11) is 3.50. The van der Waals surface area contributed by atoms with Gasteiger partial charge >= 0.3 is 0 Å². The molecule has 4 heteroatoms. The van der Waals surface area contributed by atoms with Gasteiger partial charge in [-0.25, -0.2) is 0 Å². The van der Waals surface area contributed by atoms with Gasteiger partial charge in [0.15, 0.2) is 0 Å². The molecule has 0 amide bonds. The maximum atomic E-state index is 10.8. The summed E-state index contributed by atoms with van der Waals surface area (Å²) in [5, 5.41) is 0. The van der Waals surface area contributed by atoms with Gasteiger partial charge in [0, 0.05) is 38.1 Å². The molecule has 0 aliphatic rings. The molecule has 18 heavy (non-hydrogen) atoms. The van der Waals surface area contributed by atoms with Crippen LogP contribution in [-0.2, 0) is 14.1 Å². The average molecular weight is 246 g/mol. The number of aryl methyl sites for hydroxylation is 3. The summed E-state index contributed by atoms with van der Waals surface area (Å²) < 4.78 is 3.16. The molecule has 0 saturated carbocycles. The van der Waals surface area contributed by atoms with Crippen molar-refractivity contribution in [3.05, 3.63) is 68.5 Å². The van der Waals surface area contributed by atoms with E-state index in [9.17, 15) is 9.59 Å². The third-order valence-electron chi connectivity index (χ3n) is 2.70. The number of rotatable bonds is 0. The number of aromatic nitrogens is 2. The highest BCUT2D eigenvalue weighted by atomic mass is 16.1. The van der Waals surface area contributed by atoms with E-state index in [1.807, 2.05) is 26.0 Å². The molecule has 0 bridgehead atoms. The lowest BCUT2D eigenvalue weighted by atomic mass is 10.3. The second kappa shape index (κ2) is 6.00. The fraction of sp³-hybridized carbons (Fsp3) is 0.286. The van der Waals surface area contributed by atoms with Gasteiger partial charge in [0.25, 0.3) is 5.56 Å². The highest BCUT2D eigenvalue weighted by Gasteiger charge is 1.88. The normalized spacial score (nSPS) is 9.56. The Hall–Kier alpha value is -2.10. The molecule has 4 nitrogen and oxygen atoms in total. The van der Waals surface area contributed by atoms with Crippen LogP contribution in [0.5, 0.6) is 0 Å². The molecular weight excluding hydrogens is 228 g/mol. The van der Waals surface area contributed by atoms with Crippen LogP contribution in [0, 0.1) is 13.8 Å². The molecule has 0 spiro atoms. The molecule has 0 radical (unpaired) electrons. The van der Waals surface area contributed by atoms with Gasteiger partial charge in [0.2, 0.25) is 5.56 Å². The summed E-state index contributed by atoms with van der Waals surface area (Å²) >= 11 is 0. The molecule has 0 aliphatic carbocycles. The van der Waals surface area contributed by atoms with Crippen molar-refractivity contribution >= 4 is 0 Å². The van der Waals surface area contributed by atoms with Gasteiger partial charge in [-0.3, -0.25) is 9.59 Å². The van der Waals surface area contributed by atoms with Crippen molar-refractivity contribution in [3.63, 3.8) is 0 Å². The molecule has 0 fully saturated rings. The van der Waals surface area contributed by atoms with Gasteiger partial charge in [-0.05, 0) is 31.5 Å². The average Bonchev–Trinajstić information content (AvgIpc) is 2.32. The van der Waals surface area contributed by atoms with Gasteiger partial charge in [-0.1, -0.05) is 6.07 Å². The smallest absolute Gasteiger partial charge is 0.250 e. The molecule has 0 N–H and O–H groups in total. The van der Waals surface area contributed by atoms with Crippen molar-refractivity contribution in [1.29, 1.82) is 0 Å². The molecule has 96 valence electrons. The summed E-state index contributed by atoms with van der Waals surface area (Å²) in [6.45, 7) is 3.81. The van der Waals surface area contributed by atoms with Crippen LogP contribution in [0.25, 0.3) is 0 Å². The molecular formula is C14H18N2O2. The van der Waals surface area contributed by atoms with Gasteiger partial charge in [-0.15, -0.1) is 0 Å². The monoisotopic (exact) mass is 246 g/mol. The first-order chi connectivity index (χ1) is 8.41. The highest BCUT2D eigenvalue weighted by Crippen LogP contribution is 1.88. The standard InChI is InChI=1S/2C7H9NO/c1-6-3-4-8(2)7(9)5-6;1-6-4-3-5-7(9)8(6)2/h2*3-5H,1-2H3. The Morgan fingerprint density at radius 3 is 2.06 bits per heavy atom. The van der Waals surface area contributed by atoms with E-state index in [1.165, 1.54) is 0 Å². The van der Waals surface area contributed by atoms with Crippen molar-refractivity contribution in [2.75, 3.05) is 0 Å². The van der Waals surface area contributed by atoms with Gasteiger partial charge in [-0.2, -0.15) is 0 Å². The van der Waals surface area contributed by atoms with Crippen molar-refractivity contribution in [2.45, 2.75) is 13.8 Å². The second-order valence-corrected chi connectivity index (χ2v) is 4.22. The summed E-state index contributed by atoms with van der Waals surface area (Å²) in [4.78, 5) is 21.6. The molecule has 0 aliphatic heterocycles. The Morgan fingerprint density at radius 1 is 0.944 bits per heavy atom. The number of nitrogens with zero attached hydrogens (tertiary/aromatic N) is 2. The predicted molar refractivity (Wildman–Crippen MR) is 72.8 cm³/mol.